The lowest BCUT2D eigenvalue weighted by molar-refractivity contribution is -0.131. The molecule has 0 radical (unpaired) electrons. The summed E-state index contributed by atoms with van der Waals surface area (Å²) in [5.41, 5.74) is 6.22. The SMILES string of the molecule is COC(CN)C(=O)NC(C)c1ccc(S(C)(=O)=O)cc1. The standard InChI is InChI=1S/C13H20N2O4S/c1-9(15-13(16)12(8-14)19-2)10-4-6-11(7-5-10)20(3,17)18/h4-7,9,12H,8,14H2,1-3H3,(H,15,16). The summed E-state index contributed by atoms with van der Waals surface area (Å²) in [6, 6.07) is 6.12. The van der Waals surface area contributed by atoms with Gasteiger partial charge in [0.25, 0.3) is 5.91 Å². The number of benzene rings is 1. The van der Waals surface area contributed by atoms with Crippen molar-refractivity contribution in [3.8, 4) is 0 Å². The minimum Gasteiger partial charge on any atom is -0.370 e. The predicted molar refractivity (Wildman–Crippen MR) is 76.0 cm³/mol. The highest BCUT2D eigenvalue weighted by Gasteiger charge is 2.18. The smallest absolute Gasteiger partial charge is 0.250 e. The van der Waals surface area contributed by atoms with E-state index < -0.39 is 15.9 Å². The van der Waals surface area contributed by atoms with Gasteiger partial charge in [-0.15, -0.1) is 0 Å². The van der Waals surface area contributed by atoms with Crippen molar-refractivity contribution >= 4 is 15.7 Å². The molecule has 0 aliphatic rings. The van der Waals surface area contributed by atoms with Crippen LogP contribution in [0, 0.1) is 0 Å². The second-order valence-electron chi connectivity index (χ2n) is 4.53. The van der Waals surface area contributed by atoms with Gasteiger partial charge >= 0.3 is 0 Å². The zero-order valence-electron chi connectivity index (χ0n) is 11.8. The van der Waals surface area contributed by atoms with E-state index in [9.17, 15) is 13.2 Å². The second kappa shape index (κ2) is 6.83. The Morgan fingerprint density at radius 2 is 1.90 bits per heavy atom. The maximum Gasteiger partial charge on any atom is 0.250 e. The Morgan fingerprint density at radius 1 is 1.35 bits per heavy atom. The minimum absolute atomic E-state index is 0.0993. The molecule has 1 aromatic carbocycles. The maximum atomic E-state index is 11.8. The number of carbonyl (C=O) groups is 1. The van der Waals surface area contributed by atoms with Crippen molar-refractivity contribution in [2.45, 2.75) is 24.0 Å². The molecule has 1 aromatic rings. The topological polar surface area (TPSA) is 98.5 Å². The van der Waals surface area contributed by atoms with Gasteiger partial charge in [0.2, 0.25) is 0 Å². The van der Waals surface area contributed by atoms with E-state index in [1.165, 1.54) is 19.2 Å². The van der Waals surface area contributed by atoms with Crippen LogP contribution in [0.4, 0.5) is 0 Å². The third-order valence-corrected chi connectivity index (χ3v) is 4.09. The van der Waals surface area contributed by atoms with Crippen LogP contribution >= 0.6 is 0 Å². The molecule has 1 rings (SSSR count). The van der Waals surface area contributed by atoms with E-state index in [0.717, 1.165) is 11.8 Å². The van der Waals surface area contributed by atoms with E-state index >= 15 is 0 Å². The van der Waals surface area contributed by atoms with E-state index in [4.69, 9.17) is 10.5 Å². The van der Waals surface area contributed by atoms with E-state index in [-0.39, 0.29) is 23.4 Å². The molecule has 0 spiro atoms. The number of rotatable bonds is 6. The van der Waals surface area contributed by atoms with Crippen molar-refractivity contribution in [1.29, 1.82) is 0 Å². The largest absolute Gasteiger partial charge is 0.370 e. The highest BCUT2D eigenvalue weighted by Crippen LogP contribution is 2.16. The zero-order chi connectivity index (χ0) is 15.3. The number of methoxy groups -OCH3 is 1. The van der Waals surface area contributed by atoms with Crippen LogP contribution in [-0.4, -0.2) is 40.3 Å². The van der Waals surface area contributed by atoms with Gasteiger partial charge in [0, 0.05) is 19.9 Å². The number of sulfone groups is 1. The van der Waals surface area contributed by atoms with Crippen LogP contribution in [0.1, 0.15) is 18.5 Å². The maximum absolute atomic E-state index is 11.8. The molecule has 0 aliphatic heterocycles. The van der Waals surface area contributed by atoms with Crippen LogP contribution < -0.4 is 11.1 Å². The van der Waals surface area contributed by atoms with E-state index in [1.807, 2.05) is 0 Å². The molecule has 112 valence electrons. The number of nitrogens with one attached hydrogen (secondary N) is 1. The van der Waals surface area contributed by atoms with Gasteiger partial charge in [0.05, 0.1) is 10.9 Å². The number of hydrogen-bond donors (Lipinski definition) is 2. The van der Waals surface area contributed by atoms with Crippen molar-refractivity contribution in [1.82, 2.24) is 5.32 Å². The average Bonchev–Trinajstić information content (AvgIpc) is 2.39. The van der Waals surface area contributed by atoms with E-state index in [1.54, 1.807) is 19.1 Å². The van der Waals surface area contributed by atoms with Crippen LogP contribution in [-0.2, 0) is 19.4 Å². The monoisotopic (exact) mass is 300 g/mol. The van der Waals surface area contributed by atoms with Crippen molar-refractivity contribution in [3.05, 3.63) is 29.8 Å². The number of ether oxygens (including phenoxy) is 1. The van der Waals surface area contributed by atoms with Crippen molar-refractivity contribution < 1.29 is 17.9 Å². The van der Waals surface area contributed by atoms with Gasteiger partial charge in [-0.2, -0.15) is 0 Å². The first-order chi connectivity index (χ1) is 9.29. The fraction of sp³-hybridized carbons (Fsp3) is 0.462. The number of amides is 1. The number of hydrogen-bond acceptors (Lipinski definition) is 5. The molecule has 7 heteroatoms. The van der Waals surface area contributed by atoms with Gasteiger partial charge in [0.15, 0.2) is 9.84 Å². The third-order valence-electron chi connectivity index (χ3n) is 2.96. The molecule has 0 heterocycles. The van der Waals surface area contributed by atoms with E-state index in [2.05, 4.69) is 5.32 Å². The highest BCUT2D eigenvalue weighted by molar-refractivity contribution is 7.90. The second-order valence-corrected chi connectivity index (χ2v) is 6.55. The first kappa shape index (κ1) is 16.6. The summed E-state index contributed by atoms with van der Waals surface area (Å²) in [6.45, 7) is 1.90. The van der Waals surface area contributed by atoms with Crippen LogP contribution in [0.3, 0.4) is 0 Å². The quantitative estimate of drug-likeness (QED) is 0.784. The van der Waals surface area contributed by atoms with Gasteiger partial charge in [-0.05, 0) is 24.6 Å². The average molecular weight is 300 g/mol. The first-order valence-electron chi connectivity index (χ1n) is 6.13. The first-order valence-corrected chi connectivity index (χ1v) is 8.02. The van der Waals surface area contributed by atoms with Gasteiger partial charge < -0.3 is 15.8 Å². The Labute approximate surface area is 119 Å². The molecule has 2 atom stereocenters. The van der Waals surface area contributed by atoms with Gasteiger partial charge in [-0.3, -0.25) is 4.79 Å². The molecule has 0 fully saturated rings. The molecular weight excluding hydrogens is 280 g/mol. The normalized spacial score (nSPS) is 14.6. The van der Waals surface area contributed by atoms with Crippen molar-refractivity contribution in [3.63, 3.8) is 0 Å². The van der Waals surface area contributed by atoms with Gasteiger partial charge in [-0.25, -0.2) is 8.42 Å². The summed E-state index contributed by atoms with van der Waals surface area (Å²) in [4.78, 5) is 12.1. The Morgan fingerprint density at radius 3 is 2.30 bits per heavy atom. The summed E-state index contributed by atoms with van der Waals surface area (Å²) >= 11 is 0. The summed E-state index contributed by atoms with van der Waals surface area (Å²) in [5, 5.41) is 2.76. The molecule has 20 heavy (non-hydrogen) atoms. The van der Waals surface area contributed by atoms with Crippen LogP contribution in [0.15, 0.2) is 29.2 Å². The Kier molecular flexibility index (Phi) is 5.67. The molecule has 2 unspecified atom stereocenters. The zero-order valence-corrected chi connectivity index (χ0v) is 12.6. The van der Waals surface area contributed by atoms with Crippen molar-refractivity contribution in [2.75, 3.05) is 19.9 Å². The van der Waals surface area contributed by atoms with Gasteiger partial charge in [-0.1, -0.05) is 12.1 Å². The van der Waals surface area contributed by atoms with Gasteiger partial charge in [0.1, 0.15) is 6.10 Å². The highest BCUT2D eigenvalue weighted by atomic mass is 32.2. The predicted octanol–water partition coefficient (Wildman–Crippen LogP) is 0.241. The summed E-state index contributed by atoms with van der Waals surface area (Å²) < 4.78 is 27.7. The third kappa shape index (κ3) is 4.29. The molecule has 0 aliphatic carbocycles. The summed E-state index contributed by atoms with van der Waals surface area (Å²) in [5.74, 6) is -0.297. The van der Waals surface area contributed by atoms with Crippen LogP contribution in [0.5, 0.6) is 0 Å². The Hall–Kier alpha value is -1.44. The molecule has 3 N–H and O–H groups in total. The molecule has 0 bridgehead atoms. The van der Waals surface area contributed by atoms with Crippen LogP contribution in [0.2, 0.25) is 0 Å². The lowest BCUT2D eigenvalue weighted by atomic mass is 10.1. The van der Waals surface area contributed by atoms with Crippen LogP contribution in [0.25, 0.3) is 0 Å². The molecular formula is C13H20N2O4S. The van der Waals surface area contributed by atoms with E-state index in [0.29, 0.717) is 0 Å². The molecule has 0 saturated heterocycles. The number of carbonyl (C=O) groups excluding carboxylic acids is 1. The fourth-order valence-corrected chi connectivity index (χ4v) is 2.33. The van der Waals surface area contributed by atoms with Crippen molar-refractivity contribution in [2.24, 2.45) is 5.73 Å². The Bertz CT molecular complexity index is 550. The molecule has 0 aromatic heterocycles. The summed E-state index contributed by atoms with van der Waals surface area (Å²) in [7, 11) is -1.79. The number of nitrogens with two attached hydrogens (primary N) is 1. The minimum atomic E-state index is -3.21. The Balaban J connectivity index is 2.78. The fourth-order valence-electron chi connectivity index (χ4n) is 1.70. The molecule has 6 nitrogen and oxygen atoms in total. The lowest BCUT2D eigenvalue weighted by Gasteiger charge is -2.18. The lowest BCUT2D eigenvalue weighted by Crippen LogP contribution is -2.41. The molecule has 0 saturated carbocycles. The molecule has 1 amide bonds. The summed E-state index contributed by atoms with van der Waals surface area (Å²) in [6.07, 6.45) is 0.463.